The SMILES string of the molecule is Cc1c(NC(=O)CN(C)C[C@H]2Cc3ccccc3O2)cnn1C. The molecular formula is C17H22N4O2. The standard InChI is InChI=1S/C17H22N4O2/c1-12-15(9-18-21(12)3)19-17(22)11-20(2)10-14-8-13-6-4-5-7-16(13)23-14/h4-7,9,14H,8,10-11H2,1-3H3,(H,19,22)/t14-/m1/s1. The summed E-state index contributed by atoms with van der Waals surface area (Å²) in [6.07, 6.45) is 2.67. The van der Waals surface area contributed by atoms with Gasteiger partial charge in [-0.05, 0) is 25.6 Å². The molecule has 122 valence electrons. The minimum Gasteiger partial charge on any atom is -0.488 e. The monoisotopic (exact) mass is 314 g/mol. The van der Waals surface area contributed by atoms with Crippen LogP contribution < -0.4 is 10.1 Å². The van der Waals surface area contributed by atoms with Crippen LogP contribution in [0.5, 0.6) is 5.75 Å². The van der Waals surface area contributed by atoms with Crippen molar-refractivity contribution in [3.63, 3.8) is 0 Å². The Morgan fingerprint density at radius 1 is 1.48 bits per heavy atom. The first-order chi connectivity index (χ1) is 11.0. The molecule has 3 rings (SSSR count). The van der Waals surface area contributed by atoms with Crippen molar-refractivity contribution in [1.82, 2.24) is 14.7 Å². The quantitative estimate of drug-likeness (QED) is 0.911. The first kappa shape index (κ1) is 15.6. The molecule has 6 nitrogen and oxygen atoms in total. The molecule has 0 unspecified atom stereocenters. The van der Waals surface area contributed by atoms with Crippen LogP contribution in [0.2, 0.25) is 0 Å². The number of benzene rings is 1. The highest BCUT2D eigenvalue weighted by atomic mass is 16.5. The van der Waals surface area contributed by atoms with Crippen LogP contribution in [-0.4, -0.2) is 46.8 Å². The van der Waals surface area contributed by atoms with Gasteiger partial charge < -0.3 is 10.1 Å². The number of hydrogen-bond acceptors (Lipinski definition) is 4. The Balaban J connectivity index is 1.49. The lowest BCUT2D eigenvalue weighted by molar-refractivity contribution is -0.117. The highest BCUT2D eigenvalue weighted by Gasteiger charge is 2.24. The summed E-state index contributed by atoms with van der Waals surface area (Å²) in [4.78, 5) is 14.1. The van der Waals surface area contributed by atoms with E-state index in [2.05, 4.69) is 16.5 Å². The molecular weight excluding hydrogens is 292 g/mol. The van der Waals surface area contributed by atoms with E-state index in [-0.39, 0.29) is 12.0 Å². The van der Waals surface area contributed by atoms with Crippen LogP contribution in [-0.2, 0) is 18.3 Å². The lowest BCUT2D eigenvalue weighted by Crippen LogP contribution is -2.37. The third kappa shape index (κ3) is 3.53. The van der Waals surface area contributed by atoms with Crippen LogP contribution in [0, 0.1) is 6.92 Å². The number of aryl methyl sites for hydroxylation is 1. The highest BCUT2D eigenvalue weighted by Crippen LogP contribution is 2.28. The molecule has 6 heteroatoms. The summed E-state index contributed by atoms with van der Waals surface area (Å²) < 4.78 is 7.65. The molecule has 0 bridgehead atoms. The van der Waals surface area contributed by atoms with E-state index in [1.165, 1.54) is 5.56 Å². The Morgan fingerprint density at radius 3 is 2.96 bits per heavy atom. The Labute approximate surface area is 136 Å². The largest absolute Gasteiger partial charge is 0.488 e. The van der Waals surface area contributed by atoms with Gasteiger partial charge in [0.15, 0.2) is 0 Å². The lowest BCUT2D eigenvalue weighted by atomic mass is 10.1. The fraction of sp³-hybridized carbons (Fsp3) is 0.412. The zero-order valence-corrected chi connectivity index (χ0v) is 13.7. The normalized spacial score (nSPS) is 16.3. The molecule has 0 aliphatic carbocycles. The third-order valence-corrected chi connectivity index (χ3v) is 4.15. The molecule has 1 atom stereocenters. The van der Waals surface area contributed by atoms with Crippen molar-refractivity contribution in [1.29, 1.82) is 0 Å². The first-order valence-electron chi connectivity index (χ1n) is 7.74. The van der Waals surface area contributed by atoms with Crippen LogP contribution in [0.4, 0.5) is 5.69 Å². The predicted octanol–water partition coefficient (Wildman–Crippen LogP) is 1.60. The van der Waals surface area contributed by atoms with E-state index in [0.717, 1.165) is 23.6 Å². The number of carbonyl (C=O) groups is 1. The van der Waals surface area contributed by atoms with Gasteiger partial charge in [-0.15, -0.1) is 0 Å². The van der Waals surface area contributed by atoms with Gasteiger partial charge in [0.25, 0.3) is 0 Å². The first-order valence-corrected chi connectivity index (χ1v) is 7.74. The van der Waals surface area contributed by atoms with E-state index < -0.39 is 0 Å². The zero-order valence-electron chi connectivity index (χ0n) is 13.7. The maximum atomic E-state index is 12.1. The maximum Gasteiger partial charge on any atom is 0.238 e. The molecule has 0 fully saturated rings. The van der Waals surface area contributed by atoms with Crippen molar-refractivity contribution in [2.75, 3.05) is 25.5 Å². The van der Waals surface area contributed by atoms with E-state index in [0.29, 0.717) is 13.1 Å². The minimum absolute atomic E-state index is 0.0425. The smallest absolute Gasteiger partial charge is 0.238 e. The Bertz CT molecular complexity index is 685. The molecule has 0 saturated heterocycles. The summed E-state index contributed by atoms with van der Waals surface area (Å²) in [7, 11) is 3.79. The number of nitrogens with zero attached hydrogens (tertiary/aromatic N) is 3. The summed E-state index contributed by atoms with van der Waals surface area (Å²) in [5, 5.41) is 7.02. The summed E-state index contributed by atoms with van der Waals surface area (Å²) in [6.45, 7) is 2.97. The molecule has 2 aromatic rings. The average Bonchev–Trinajstić information content (AvgIpc) is 3.04. The van der Waals surface area contributed by atoms with E-state index in [1.54, 1.807) is 10.9 Å². The molecule has 1 amide bonds. The number of ether oxygens (including phenoxy) is 1. The number of nitrogens with one attached hydrogen (secondary N) is 1. The lowest BCUT2D eigenvalue weighted by Gasteiger charge is -2.20. The fourth-order valence-corrected chi connectivity index (χ4v) is 2.82. The molecule has 1 aromatic carbocycles. The Hall–Kier alpha value is -2.34. The molecule has 1 aromatic heterocycles. The Kier molecular flexibility index (Phi) is 4.34. The molecule has 0 spiro atoms. The van der Waals surface area contributed by atoms with Gasteiger partial charge in [-0.2, -0.15) is 5.10 Å². The molecule has 2 heterocycles. The Morgan fingerprint density at radius 2 is 2.26 bits per heavy atom. The van der Waals surface area contributed by atoms with Crippen LogP contribution in [0.1, 0.15) is 11.3 Å². The molecule has 23 heavy (non-hydrogen) atoms. The van der Waals surface area contributed by atoms with Gasteiger partial charge in [0.05, 0.1) is 24.1 Å². The van der Waals surface area contributed by atoms with Crippen molar-refractivity contribution in [3.05, 3.63) is 41.7 Å². The second-order valence-corrected chi connectivity index (χ2v) is 6.06. The van der Waals surface area contributed by atoms with Gasteiger partial charge in [0.2, 0.25) is 5.91 Å². The number of fused-ring (bicyclic) bond motifs is 1. The average molecular weight is 314 g/mol. The zero-order chi connectivity index (χ0) is 16.4. The van der Waals surface area contributed by atoms with Gasteiger partial charge in [-0.1, -0.05) is 18.2 Å². The number of rotatable bonds is 5. The van der Waals surface area contributed by atoms with Gasteiger partial charge in [-0.25, -0.2) is 0 Å². The van der Waals surface area contributed by atoms with Crippen LogP contribution >= 0.6 is 0 Å². The summed E-state index contributed by atoms with van der Waals surface area (Å²) in [5.74, 6) is 0.917. The maximum absolute atomic E-state index is 12.1. The number of para-hydroxylation sites is 1. The fourth-order valence-electron chi connectivity index (χ4n) is 2.82. The van der Waals surface area contributed by atoms with E-state index in [9.17, 15) is 4.79 Å². The van der Waals surface area contributed by atoms with Gasteiger partial charge in [0.1, 0.15) is 11.9 Å². The molecule has 1 aliphatic heterocycles. The number of hydrogen-bond donors (Lipinski definition) is 1. The minimum atomic E-state index is -0.0425. The molecule has 1 aliphatic rings. The summed E-state index contributed by atoms with van der Waals surface area (Å²) in [5.41, 5.74) is 2.94. The predicted molar refractivity (Wildman–Crippen MR) is 88.6 cm³/mol. The van der Waals surface area contributed by atoms with Gasteiger partial charge in [0, 0.05) is 20.0 Å². The van der Waals surface area contributed by atoms with E-state index in [4.69, 9.17) is 4.74 Å². The number of likely N-dealkylation sites (N-methyl/N-ethyl adjacent to an activating group) is 1. The van der Waals surface area contributed by atoms with Crippen LogP contribution in [0.15, 0.2) is 30.5 Å². The number of amides is 1. The van der Waals surface area contributed by atoms with Crippen molar-refractivity contribution in [3.8, 4) is 5.75 Å². The van der Waals surface area contributed by atoms with Crippen molar-refractivity contribution >= 4 is 11.6 Å². The van der Waals surface area contributed by atoms with Gasteiger partial charge in [-0.3, -0.25) is 14.4 Å². The second-order valence-electron chi connectivity index (χ2n) is 6.06. The molecule has 1 N–H and O–H groups in total. The van der Waals surface area contributed by atoms with Gasteiger partial charge >= 0.3 is 0 Å². The summed E-state index contributed by atoms with van der Waals surface area (Å²) >= 11 is 0. The number of aromatic nitrogens is 2. The second kappa shape index (κ2) is 6.42. The topological polar surface area (TPSA) is 59.4 Å². The van der Waals surface area contributed by atoms with Crippen LogP contribution in [0.25, 0.3) is 0 Å². The highest BCUT2D eigenvalue weighted by molar-refractivity contribution is 5.92. The van der Waals surface area contributed by atoms with Crippen molar-refractivity contribution < 1.29 is 9.53 Å². The molecule has 0 radical (unpaired) electrons. The number of anilines is 1. The van der Waals surface area contributed by atoms with Crippen molar-refractivity contribution in [2.24, 2.45) is 7.05 Å². The number of carbonyl (C=O) groups excluding carboxylic acids is 1. The van der Waals surface area contributed by atoms with Crippen LogP contribution in [0.3, 0.4) is 0 Å². The third-order valence-electron chi connectivity index (χ3n) is 4.15. The van der Waals surface area contributed by atoms with E-state index >= 15 is 0 Å². The summed E-state index contributed by atoms with van der Waals surface area (Å²) in [6, 6.07) is 8.09. The molecule has 0 saturated carbocycles. The van der Waals surface area contributed by atoms with Crippen molar-refractivity contribution in [2.45, 2.75) is 19.4 Å². The van der Waals surface area contributed by atoms with E-state index in [1.807, 2.05) is 44.1 Å².